The number of nitrogens with zero attached hydrogens (tertiary/aromatic N) is 1. The molecule has 3 nitrogen and oxygen atoms in total. The minimum atomic E-state index is -0.831. The van der Waals surface area contributed by atoms with Crippen LogP contribution in [-0.2, 0) is 4.74 Å². The van der Waals surface area contributed by atoms with Crippen molar-refractivity contribution in [3.8, 4) is 0 Å². The predicted octanol–water partition coefficient (Wildman–Crippen LogP) is 1.54. The van der Waals surface area contributed by atoms with Gasteiger partial charge in [-0.25, -0.2) is 8.78 Å². The molecule has 0 saturated carbocycles. The molecule has 100 valence electrons. The normalized spacial score (nSPS) is 19.7. The Balaban J connectivity index is 2.38. The van der Waals surface area contributed by atoms with E-state index in [9.17, 15) is 8.78 Å². The third kappa shape index (κ3) is 2.13. The fraction of sp³-hybridized carbons (Fsp3) is 0.538. The third-order valence-corrected chi connectivity index (χ3v) is 3.54. The van der Waals surface area contributed by atoms with Crippen LogP contribution in [0.4, 0.5) is 8.78 Å². The van der Waals surface area contributed by atoms with Crippen LogP contribution < -0.4 is 5.73 Å². The van der Waals surface area contributed by atoms with Crippen LogP contribution in [0.25, 0.3) is 0 Å². The van der Waals surface area contributed by atoms with Gasteiger partial charge in [0.05, 0.1) is 13.2 Å². The lowest BCUT2D eigenvalue weighted by molar-refractivity contribution is -0.145. The summed E-state index contributed by atoms with van der Waals surface area (Å²) in [5.74, 6) is -1.66. The average Bonchev–Trinajstić information content (AvgIpc) is 2.27. The van der Waals surface area contributed by atoms with Crippen molar-refractivity contribution in [3.05, 3.63) is 35.4 Å². The molecule has 0 radical (unpaired) electrons. The summed E-state index contributed by atoms with van der Waals surface area (Å²) in [7, 11) is 3.81. The van der Waals surface area contributed by atoms with Gasteiger partial charge in [-0.1, -0.05) is 6.07 Å². The van der Waals surface area contributed by atoms with Crippen molar-refractivity contribution in [1.82, 2.24) is 4.90 Å². The number of nitrogens with two attached hydrogens (primary N) is 1. The lowest BCUT2D eigenvalue weighted by Gasteiger charge is -2.49. The smallest absolute Gasteiger partial charge is 0.159 e. The van der Waals surface area contributed by atoms with E-state index >= 15 is 0 Å². The minimum absolute atomic E-state index is 0.0775. The van der Waals surface area contributed by atoms with Gasteiger partial charge in [-0.3, -0.25) is 0 Å². The third-order valence-electron chi connectivity index (χ3n) is 3.54. The summed E-state index contributed by atoms with van der Waals surface area (Å²) in [5, 5.41) is 0. The Kier molecular flexibility index (Phi) is 3.66. The number of halogens is 2. The molecule has 0 bridgehead atoms. The van der Waals surface area contributed by atoms with Crippen LogP contribution in [0, 0.1) is 17.0 Å². The number of benzene rings is 1. The molecule has 18 heavy (non-hydrogen) atoms. The standard InChI is InChI=1S/C13H18F2N2O/c1-17(2)12(13(6-16)7-18-8-13)9-3-4-10(14)11(15)5-9/h3-5,12H,6-8,16H2,1-2H3. The van der Waals surface area contributed by atoms with E-state index in [0.717, 1.165) is 11.6 Å². The molecule has 0 amide bonds. The molecule has 1 heterocycles. The van der Waals surface area contributed by atoms with Crippen LogP contribution in [0.15, 0.2) is 18.2 Å². The Bertz CT molecular complexity index is 427. The average molecular weight is 256 g/mol. The number of rotatable bonds is 4. The molecular formula is C13H18F2N2O. The molecule has 2 rings (SSSR count). The summed E-state index contributed by atoms with van der Waals surface area (Å²) in [6.45, 7) is 1.55. The monoisotopic (exact) mass is 256 g/mol. The van der Waals surface area contributed by atoms with Gasteiger partial charge in [-0.05, 0) is 31.8 Å². The summed E-state index contributed by atoms with van der Waals surface area (Å²) in [5.41, 5.74) is 6.35. The highest BCUT2D eigenvalue weighted by Crippen LogP contribution is 2.42. The molecule has 2 N–H and O–H groups in total. The second kappa shape index (κ2) is 4.91. The highest BCUT2D eigenvalue weighted by atomic mass is 19.2. The molecule has 0 spiro atoms. The molecule has 0 aromatic heterocycles. The molecule has 1 unspecified atom stereocenters. The first-order chi connectivity index (χ1) is 8.50. The largest absolute Gasteiger partial charge is 0.380 e. The van der Waals surface area contributed by atoms with E-state index in [1.807, 2.05) is 19.0 Å². The van der Waals surface area contributed by atoms with E-state index in [2.05, 4.69) is 0 Å². The van der Waals surface area contributed by atoms with Crippen LogP contribution in [0.1, 0.15) is 11.6 Å². The number of hydrogen-bond acceptors (Lipinski definition) is 3. The van der Waals surface area contributed by atoms with Gasteiger partial charge in [0.15, 0.2) is 11.6 Å². The zero-order valence-corrected chi connectivity index (χ0v) is 10.6. The van der Waals surface area contributed by atoms with Crippen LogP contribution in [0.3, 0.4) is 0 Å². The topological polar surface area (TPSA) is 38.5 Å². The van der Waals surface area contributed by atoms with Crippen molar-refractivity contribution in [3.63, 3.8) is 0 Å². The SMILES string of the molecule is CN(C)C(c1ccc(F)c(F)c1)C1(CN)COC1. The van der Waals surface area contributed by atoms with E-state index < -0.39 is 11.6 Å². The first-order valence-corrected chi connectivity index (χ1v) is 5.89. The molecule has 1 aliphatic heterocycles. The molecule has 5 heteroatoms. The fourth-order valence-electron chi connectivity index (χ4n) is 2.63. The Labute approximate surface area is 106 Å². The molecule has 1 fully saturated rings. The van der Waals surface area contributed by atoms with Gasteiger partial charge in [-0.15, -0.1) is 0 Å². The second-order valence-electron chi connectivity index (χ2n) is 5.10. The molecule has 0 aliphatic carbocycles. The molecule has 1 atom stereocenters. The maximum atomic E-state index is 13.4. The van der Waals surface area contributed by atoms with Crippen LogP contribution in [0.5, 0.6) is 0 Å². The molecule has 1 aromatic carbocycles. The summed E-state index contributed by atoms with van der Waals surface area (Å²) < 4.78 is 31.6. The van der Waals surface area contributed by atoms with Crippen LogP contribution in [0.2, 0.25) is 0 Å². The van der Waals surface area contributed by atoms with E-state index in [0.29, 0.717) is 19.8 Å². The lowest BCUT2D eigenvalue weighted by Crippen LogP contribution is -2.55. The molecule has 1 aliphatic rings. The van der Waals surface area contributed by atoms with Crippen LogP contribution in [-0.4, -0.2) is 38.8 Å². The second-order valence-corrected chi connectivity index (χ2v) is 5.10. The molecule has 1 aromatic rings. The Morgan fingerprint density at radius 2 is 2.00 bits per heavy atom. The van der Waals surface area contributed by atoms with Gasteiger partial charge in [0.2, 0.25) is 0 Å². The summed E-state index contributed by atoms with van der Waals surface area (Å²) in [4.78, 5) is 1.97. The predicted molar refractivity (Wildman–Crippen MR) is 65.1 cm³/mol. The first-order valence-electron chi connectivity index (χ1n) is 5.89. The Morgan fingerprint density at radius 1 is 1.33 bits per heavy atom. The van der Waals surface area contributed by atoms with Gasteiger partial charge in [0, 0.05) is 18.0 Å². The lowest BCUT2D eigenvalue weighted by atomic mass is 9.74. The van der Waals surface area contributed by atoms with Gasteiger partial charge in [0.1, 0.15) is 0 Å². The van der Waals surface area contributed by atoms with Crippen molar-refractivity contribution >= 4 is 0 Å². The molecular weight excluding hydrogens is 238 g/mol. The maximum absolute atomic E-state index is 13.4. The van der Waals surface area contributed by atoms with E-state index in [-0.39, 0.29) is 11.5 Å². The highest BCUT2D eigenvalue weighted by molar-refractivity contribution is 5.25. The van der Waals surface area contributed by atoms with Crippen molar-refractivity contribution in [2.75, 3.05) is 33.9 Å². The van der Waals surface area contributed by atoms with Crippen LogP contribution >= 0.6 is 0 Å². The van der Waals surface area contributed by atoms with E-state index in [1.165, 1.54) is 6.07 Å². The zero-order valence-electron chi connectivity index (χ0n) is 10.6. The molecule has 1 saturated heterocycles. The Morgan fingerprint density at radius 3 is 2.39 bits per heavy atom. The summed E-state index contributed by atoms with van der Waals surface area (Å²) in [6.07, 6.45) is 0. The highest BCUT2D eigenvalue weighted by Gasteiger charge is 2.46. The quantitative estimate of drug-likeness (QED) is 0.888. The van der Waals surface area contributed by atoms with Crippen molar-refractivity contribution in [1.29, 1.82) is 0 Å². The van der Waals surface area contributed by atoms with E-state index in [4.69, 9.17) is 10.5 Å². The van der Waals surface area contributed by atoms with E-state index in [1.54, 1.807) is 6.07 Å². The van der Waals surface area contributed by atoms with Crippen molar-refractivity contribution < 1.29 is 13.5 Å². The van der Waals surface area contributed by atoms with Gasteiger partial charge < -0.3 is 15.4 Å². The van der Waals surface area contributed by atoms with Crippen molar-refractivity contribution in [2.45, 2.75) is 6.04 Å². The summed E-state index contributed by atoms with van der Waals surface area (Å²) >= 11 is 0. The maximum Gasteiger partial charge on any atom is 0.159 e. The Hall–Kier alpha value is -1.04. The first kappa shape index (κ1) is 13.4. The van der Waals surface area contributed by atoms with Gasteiger partial charge in [0.25, 0.3) is 0 Å². The zero-order chi connectivity index (χ0) is 13.3. The minimum Gasteiger partial charge on any atom is -0.380 e. The summed E-state index contributed by atoms with van der Waals surface area (Å²) in [6, 6.07) is 3.94. The van der Waals surface area contributed by atoms with Gasteiger partial charge >= 0.3 is 0 Å². The number of ether oxygens (including phenoxy) is 1. The van der Waals surface area contributed by atoms with Gasteiger partial charge in [-0.2, -0.15) is 0 Å². The van der Waals surface area contributed by atoms with Crippen molar-refractivity contribution in [2.24, 2.45) is 11.1 Å². The fourth-order valence-corrected chi connectivity index (χ4v) is 2.63. The number of hydrogen-bond donors (Lipinski definition) is 1.